The molecule has 0 unspecified atom stereocenters. The number of thiophene rings is 1. The van der Waals surface area contributed by atoms with Gasteiger partial charge in [0.05, 0.1) is 15.7 Å². The van der Waals surface area contributed by atoms with Crippen LogP contribution in [0.3, 0.4) is 0 Å². The number of carbonyl (C=O) groups is 1. The van der Waals surface area contributed by atoms with Gasteiger partial charge in [0.25, 0.3) is 5.91 Å². The van der Waals surface area contributed by atoms with Gasteiger partial charge in [0.15, 0.2) is 15.6 Å². The lowest BCUT2D eigenvalue weighted by molar-refractivity contribution is 0.0927. The van der Waals surface area contributed by atoms with Crippen LogP contribution in [0, 0.1) is 0 Å². The minimum Gasteiger partial charge on any atom is -0.451 e. The summed E-state index contributed by atoms with van der Waals surface area (Å²) in [6.45, 7) is 0.265. The van der Waals surface area contributed by atoms with Crippen LogP contribution in [0.4, 0.5) is 0 Å². The van der Waals surface area contributed by atoms with Gasteiger partial charge < -0.3 is 9.73 Å². The largest absolute Gasteiger partial charge is 0.451 e. The van der Waals surface area contributed by atoms with Crippen molar-refractivity contribution in [2.24, 2.45) is 0 Å². The first-order valence-corrected chi connectivity index (χ1v) is 13.9. The summed E-state index contributed by atoms with van der Waals surface area (Å²) in [7, 11) is -3.24. The predicted molar refractivity (Wildman–Crippen MR) is 131 cm³/mol. The maximum Gasteiger partial charge on any atom is 0.287 e. The fourth-order valence-corrected chi connectivity index (χ4v) is 6.63. The van der Waals surface area contributed by atoms with Gasteiger partial charge in [-0.15, -0.1) is 23.1 Å². The summed E-state index contributed by atoms with van der Waals surface area (Å²) in [4.78, 5) is 12.9. The van der Waals surface area contributed by atoms with Crippen LogP contribution in [-0.2, 0) is 21.3 Å². The molecule has 166 valence electrons. The Morgan fingerprint density at radius 3 is 2.56 bits per heavy atom. The van der Waals surface area contributed by atoms with Crippen molar-refractivity contribution >= 4 is 49.8 Å². The number of nitrogens with one attached hydrogen (secondary N) is 1. The Morgan fingerprint density at radius 1 is 1.00 bits per heavy atom. The molecule has 2 aromatic carbocycles. The summed E-state index contributed by atoms with van der Waals surface area (Å²) in [5, 5.41) is 5.77. The summed E-state index contributed by atoms with van der Waals surface area (Å²) in [5.41, 5.74) is 2.30. The third-order valence-corrected chi connectivity index (χ3v) is 8.75. The Hall–Kier alpha value is -2.55. The lowest BCUT2D eigenvalue weighted by Crippen LogP contribution is -2.26. The summed E-state index contributed by atoms with van der Waals surface area (Å²) in [6.07, 6.45) is 0.348. The highest BCUT2D eigenvalue weighted by Gasteiger charge is 2.21. The Balaban J connectivity index is 1.37. The molecule has 0 aliphatic rings. The zero-order valence-electron chi connectivity index (χ0n) is 17.3. The van der Waals surface area contributed by atoms with Crippen LogP contribution in [0.15, 0.2) is 80.7 Å². The molecule has 1 amide bonds. The normalized spacial score (nSPS) is 11.6. The third kappa shape index (κ3) is 5.82. The number of benzene rings is 2. The summed E-state index contributed by atoms with van der Waals surface area (Å²) in [6, 6.07) is 20.8. The molecule has 0 spiro atoms. The predicted octanol–water partition coefficient (Wildman–Crippen LogP) is 5.52. The Labute approximate surface area is 195 Å². The van der Waals surface area contributed by atoms with Gasteiger partial charge >= 0.3 is 0 Å². The number of thioether (sulfide) groups is 1. The maximum atomic E-state index is 12.9. The molecule has 0 aliphatic carbocycles. The van der Waals surface area contributed by atoms with E-state index in [-0.39, 0.29) is 24.0 Å². The summed E-state index contributed by atoms with van der Waals surface area (Å²) >= 11 is 3.32. The van der Waals surface area contributed by atoms with Crippen LogP contribution in [-0.4, -0.2) is 26.6 Å². The second-order valence-electron chi connectivity index (χ2n) is 7.31. The molecule has 0 saturated carbocycles. The number of fused-ring (bicyclic) bond motifs is 1. The minimum absolute atomic E-state index is 0.00938. The number of para-hydroxylation sites is 1. The van der Waals surface area contributed by atoms with Crippen molar-refractivity contribution in [1.29, 1.82) is 0 Å². The highest BCUT2D eigenvalue weighted by molar-refractivity contribution is 8.00. The Kier molecular flexibility index (Phi) is 7.34. The van der Waals surface area contributed by atoms with Crippen LogP contribution < -0.4 is 5.32 Å². The van der Waals surface area contributed by atoms with Crippen LogP contribution in [0.1, 0.15) is 28.1 Å². The van der Waals surface area contributed by atoms with Crippen molar-refractivity contribution in [3.8, 4) is 0 Å². The molecule has 32 heavy (non-hydrogen) atoms. The van der Waals surface area contributed by atoms with E-state index in [1.54, 1.807) is 35.2 Å². The average molecular weight is 486 g/mol. The fourth-order valence-electron chi connectivity index (χ4n) is 3.39. The summed E-state index contributed by atoms with van der Waals surface area (Å²) in [5.74, 6) is 0.621. The van der Waals surface area contributed by atoms with Crippen LogP contribution >= 0.6 is 23.1 Å². The van der Waals surface area contributed by atoms with Gasteiger partial charge in [0.2, 0.25) is 0 Å². The Bertz CT molecular complexity index is 1280. The highest BCUT2D eigenvalue weighted by Crippen LogP contribution is 2.33. The molecule has 2 aromatic heterocycles. The smallest absolute Gasteiger partial charge is 0.287 e. The first kappa shape index (κ1) is 22.6. The lowest BCUT2D eigenvalue weighted by Gasteiger charge is -2.07. The summed E-state index contributed by atoms with van der Waals surface area (Å²) < 4.78 is 31.7. The van der Waals surface area contributed by atoms with Crippen LogP contribution in [0.5, 0.6) is 0 Å². The van der Waals surface area contributed by atoms with Gasteiger partial charge in [-0.1, -0.05) is 54.6 Å². The number of furan rings is 1. The van der Waals surface area contributed by atoms with Crippen LogP contribution in [0.25, 0.3) is 11.0 Å². The van der Waals surface area contributed by atoms with E-state index in [4.69, 9.17) is 4.42 Å². The van der Waals surface area contributed by atoms with E-state index in [1.807, 2.05) is 60.0 Å². The number of carbonyl (C=O) groups excluding carboxylic acids is 1. The van der Waals surface area contributed by atoms with Gasteiger partial charge in [-0.2, -0.15) is 0 Å². The van der Waals surface area contributed by atoms with Crippen molar-refractivity contribution in [3.05, 3.63) is 89.0 Å². The quantitative estimate of drug-likeness (QED) is 0.236. The molecular weight excluding hydrogens is 462 g/mol. The Morgan fingerprint density at radius 2 is 1.78 bits per heavy atom. The lowest BCUT2D eigenvalue weighted by atomic mass is 10.1. The van der Waals surface area contributed by atoms with Gasteiger partial charge in [0, 0.05) is 23.2 Å². The fraction of sp³-hybridized carbons (Fsp3) is 0.208. The molecule has 0 fully saturated rings. The standard InChI is InChI=1S/C24H23NO4S3/c26-24(25-13-7-15-32(27,28)17-18-8-2-1-3-9-18)23-20(16-31-22-12-6-14-30-22)19-10-4-5-11-21(19)29-23/h1-6,8-12,14H,7,13,15-17H2,(H,25,26). The van der Waals surface area contributed by atoms with E-state index in [2.05, 4.69) is 5.32 Å². The molecule has 0 aliphatic heterocycles. The number of hydrogen-bond acceptors (Lipinski definition) is 6. The first-order chi connectivity index (χ1) is 15.5. The van der Waals surface area contributed by atoms with E-state index in [1.165, 1.54) is 4.21 Å². The van der Waals surface area contributed by atoms with Gasteiger partial charge in [-0.05, 0) is 29.5 Å². The van der Waals surface area contributed by atoms with Gasteiger partial charge in [0.1, 0.15) is 5.58 Å². The molecule has 1 N–H and O–H groups in total. The minimum atomic E-state index is -3.24. The molecule has 2 heterocycles. The zero-order chi connectivity index (χ0) is 22.4. The topological polar surface area (TPSA) is 76.4 Å². The third-order valence-electron chi connectivity index (χ3n) is 4.91. The molecule has 0 bridgehead atoms. The zero-order valence-corrected chi connectivity index (χ0v) is 19.8. The van der Waals surface area contributed by atoms with Gasteiger partial charge in [-0.25, -0.2) is 8.42 Å². The van der Waals surface area contributed by atoms with Crippen LogP contribution in [0.2, 0.25) is 0 Å². The molecule has 0 atom stereocenters. The number of hydrogen-bond donors (Lipinski definition) is 1. The van der Waals surface area contributed by atoms with Crippen molar-refractivity contribution < 1.29 is 17.6 Å². The van der Waals surface area contributed by atoms with Crippen molar-refractivity contribution in [2.75, 3.05) is 12.3 Å². The van der Waals surface area contributed by atoms with E-state index in [0.717, 1.165) is 16.5 Å². The molecule has 4 aromatic rings. The SMILES string of the molecule is O=C(NCCCS(=O)(=O)Cc1ccccc1)c1oc2ccccc2c1CSc1cccs1. The van der Waals surface area contributed by atoms with E-state index >= 15 is 0 Å². The molecule has 4 rings (SSSR count). The van der Waals surface area contributed by atoms with Crippen molar-refractivity contribution in [2.45, 2.75) is 22.1 Å². The average Bonchev–Trinajstić information content (AvgIpc) is 3.43. The van der Waals surface area contributed by atoms with E-state index in [0.29, 0.717) is 23.5 Å². The second-order valence-corrected chi connectivity index (χ2v) is 11.7. The molecular formula is C24H23NO4S3. The number of sulfone groups is 1. The second kappa shape index (κ2) is 10.4. The first-order valence-electron chi connectivity index (χ1n) is 10.2. The monoisotopic (exact) mass is 485 g/mol. The molecule has 0 radical (unpaired) electrons. The van der Waals surface area contributed by atoms with Crippen molar-refractivity contribution in [3.63, 3.8) is 0 Å². The molecule has 8 heteroatoms. The molecule has 0 saturated heterocycles. The highest BCUT2D eigenvalue weighted by atomic mass is 32.2. The number of amides is 1. The number of rotatable bonds is 10. The van der Waals surface area contributed by atoms with E-state index in [9.17, 15) is 13.2 Å². The maximum absolute atomic E-state index is 12.9. The van der Waals surface area contributed by atoms with Crippen molar-refractivity contribution in [1.82, 2.24) is 5.32 Å². The van der Waals surface area contributed by atoms with Gasteiger partial charge in [-0.3, -0.25) is 4.79 Å². The van der Waals surface area contributed by atoms with E-state index < -0.39 is 9.84 Å². The molecule has 5 nitrogen and oxygen atoms in total.